The van der Waals surface area contributed by atoms with Crippen LogP contribution in [-0.4, -0.2) is 4.98 Å². The van der Waals surface area contributed by atoms with Gasteiger partial charge in [0.25, 0.3) is 0 Å². The van der Waals surface area contributed by atoms with Crippen molar-refractivity contribution in [2.45, 2.75) is 13.3 Å². The first-order valence-electron chi connectivity index (χ1n) is 6.68. The number of hydrogen-bond donors (Lipinski definition) is 1. The molecule has 2 aromatic carbocycles. The second kappa shape index (κ2) is 6.00. The van der Waals surface area contributed by atoms with Crippen molar-refractivity contribution >= 4 is 33.0 Å². The topological polar surface area (TPSA) is 38.9 Å². The van der Waals surface area contributed by atoms with Gasteiger partial charge in [0, 0.05) is 27.0 Å². The first kappa shape index (κ1) is 14.3. The zero-order chi connectivity index (χ0) is 14.8. The molecule has 0 radical (unpaired) electrons. The summed E-state index contributed by atoms with van der Waals surface area (Å²) in [5.41, 5.74) is 9.98. The van der Waals surface area contributed by atoms with E-state index in [1.807, 2.05) is 24.3 Å². The molecule has 1 heterocycles. The minimum absolute atomic E-state index is 0.795. The lowest BCUT2D eigenvalue weighted by atomic mass is 10.1. The first-order chi connectivity index (χ1) is 10.1. The smallest absolute Gasteiger partial charge is 0.0979 e. The molecule has 3 aromatic rings. The van der Waals surface area contributed by atoms with E-state index in [0.717, 1.165) is 32.8 Å². The van der Waals surface area contributed by atoms with Crippen LogP contribution in [0.1, 0.15) is 15.4 Å². The molecule has 0 unspecified atom stereocenters. The molecule has 0 fully saturated rings. The number of halogens is 1. The van der Waals surface area contributed by atoms with E-state index in [1.54, 1.807) is 11.3 Å². The van der Waals surface area contributed by atoms with E-state index in [9.17, 15) is 0 Å². The summed E-state index contributed by atoms with van der Waals surface area (Å²) >= 11 is 5.27. The highest BCUT2D eigenvalue weighted by molar-refractivity contribution is 9.10. The van der Waals surface area contributed by atoms with E-state index in [4.69, 9.17) is 10.7 Å². The van der Waals surface area contributed by atoms with Crippen molar-refractivity contribution in [3.05, 3.63) is 68.5 Å². The summed E-state index contributed by atoms with van der Waals surface area (Å²) in [5.74, 6) is 0. The Labute approximate surface area is 136 Å². The number of nitrogen functional groups attached to an aromatic ring is 1. The zero-order valence-corrected chi connectivity index (χ0v) is 14.0. The highest BCUT2D eigenvalue weighted by atomic mass is 79.9. The van der Waals surface area contributed by atoms with Gasteiger partial charge in [0.2, 0.25) is 0 Å². The Bertz CT molecular complexity index is 763. The third-order valence-corrected chi connectivity index (χ3v) is 4.74. The van der Waals surface area contributed by atoms with Crippen molar-refractivity contribution in [3.63, 3.8) is 0 Å². The average Bonchev–Trinajstić information content (AvgIpc) is 2.82. The monoisotopic (exact) mass is 358 g/mol. The molecule has 21 heavy (non-hydrogen) atoms. The number of nitrogens with two attached hydrogens (primary N) is 1. The average molecular weight is 359 g/mol. The Morgan fingerprint density at radius 3 is 2.62 bits per heavy atom. The lowest BCUT2D eigenvalue weighted by molar-refractivity contribution is 1.14. The summed E-state index contributed by atoms with van der Waals surface area (Å²) in [5, 5.41) is 1.13. The molecule has 1 aromatic heterocycles. The van der Waals surface area contributed by atoms with Crippen LogP contribution in [0.4, 0.5) is 5.69 Å². The maximum Gasteiger partial charge on any atom is 0.0979 e. The van der Waals surface area contributed by atoms with Gasteiger partial charge in [-0.1, -0.05) is 40.2 Å². The number of rotatable bonds is 3. The number of nitrogens with zero attached hydrogens (tertiary/aromatic N) is 1. The summed E-state index contributed by atoms with van der Waals surface area (Å²) < 4.78 is 1.08. The van der Waals surface area contributed by atoms with E-state index in [0.29, 0.717) is 0 Å². The quantitative estimate of drug-likeness (QED) is 0.665. The summed E-state index contributed by atoms with van der Waals surface area (Å²) in [6.07, 6.45) is 0.847. The largest absolute Gasteiger partial charge is 0.399 e. The molecule has 3 rings (SSSR count). The molecule has 0 bridgehead atoms. The third kappa shape index (κ3) is 3.34. The normalized spacial score (nSPS) is 10.8. The summed E-state index contributed by atoms with van der Waals surface area (Å²) in [6, 6.07) is 16.3. The fraction of sp³-hybridized carbons (Fsp3) is 0.118. The highest BCUT2D eigenvalue weighted by Crippen LogP contribution is 2.30. The Kier molecular flexibility index (Phi) is 4.08. The van der Waals surface area contributed by atoms with Gasteiger partial charge in [0.05, 0.1) is 10.7 Å². The lowest BCUT2D eigenvalue weighted by Gasteiger charge is -2.00. The Balaban J connectivity index is 1.89. The van der Waals surface area contributed by atoms with Gasteiger partial charge >= 0.3 is 0 Å². The van der Waals surface area contributed by atoms with Crippen LogP contribution in [0.5, 0.6) is 0 Å². The number of thiazole rings is 1. The van der Waals surface area contributed by atoms with Crippen molar-refractivity contribution < 1.29 is 0 Å². The van der Waals surface area contributed by atoms with Gasteiger partial charge in [0.1, 0.15) is 0 Å². The molecule has 2 nitrogen and oxygen atoms in total. The van der Waals surface area contributed by atoms with E-state index in [2.05, 4.69) is 47.1 Å². The predicted octanol–water partition coefficient (Wildman–Crippen LogP) is 5.05. The third-order valence-electron chi connectivity index (χ3n) is 3.27. The number of aromatic nitrogens is 1. The standard InChI is InChI=1S/C17H15BrN2S/c1-11-17(13-3-2-4-14(18)10-13)20-16(21-11)9-12-5-7-15(19)8-6-12/h2-8,10H,9,19H2,1H3. The minimum atomic E-state index is 0.795. The second-order valence-corrected chi connectivity index (χ2v) is 7.14. The first-order valence-corrected chi connectivity index (χ1v) is 8.29. The molecule has 0 aliphatic carbocycles. The fourth-order valence-corrected chi connectivity index (χ4v) is 3.63. The van der Waals surface area contributed by atoms with Gasteiger partial charge in [-0.3, -0.25) is 0 Å². The fourth-order valence-electron chi connectivity index (χ4n) is 2.24. The van der Waals surface area contributed by atoms with Crippen LogP contribution in [0, 0.1) is 6.92 Å². The van der Waals surface area contributed by atoms with Crippen LogP contribution in [0.3, 0.4) is 0 Å². The van der Waals surface area contributed by atoms with Gasteiger partial charge < -0.3 is 5.73 Å². The van der Waals surface area contributed by atoms with Crippen LogP contribution >= 0.6 is 27.3 Å². The van der Waals surface area contributed by atoms with Crippen molar-refractivity contribution in [3.8, 4) is 11.3 Å². The lowest BCUT2D eigenvalue weighted by Crippen LogP contribution is -1.89. The van der Waals surface area contributed by atoms with Gasteiger partial charge in [-0.2, -0.15) is 0 Å². The molecule has 0 spiro atoms. The highest BCUT2D eigenvalue weighted by Gasteiger charge is 2.10. The van der Waals surface area contributed by atoms with Gasteiger partial charge in [-0.15, -0.1) is 11.3 Å². The van der Waals surface area contributed by atoms with Crippen molar-refractivity contribution in [2.24, 2.45) is 0 Å². The molecular formula is C17H15BrN2S. The maximum absolute atomic E-state index is 5.72. The Morgan fingerprint density at radius 2 is 1.90 bits per heavy atom. The van der Waals surface area contributed by atoms with Crippen molar-refractivity contribution in [1.82, 2.24) is 4.98 Å². The summed E-state index contributed by atoms with van der Waals surface area (Å²) in [7, 11) is 0. The molecule has 0 amide bonds. The van der Waals surface area contributed by atoms with Crippen LogP contribution in [-0.2, 0) is 6.42 Å². The molecular weight excluding hydrogens is 344 g/mol. The van der Waals surface area contributed by atoms with E-state index >= 15 is 0 Å². The van der Waals surface area contributed by atoms with Crippen LogP contribution in [0.15, 0.2) is 53.0 Å². The van der Waals surface area contributed by atoms with Crippen molar-refractivity contribution in [1.29, 1.82) is 0 Å². The van der Waals surface area contributed by atoms with Crippen LogP contribution < -0.4 is 5.73 Å². The van der Waals surface area contributed by atoms with Crippen LogP contribution in [0.25, 0.3) is 11.3 Å². The van der Waals surface area contributed by atoms with E-state index in [-0.39, 0.29) is 0 Å². The molecule has 0 aliphatic rings. The molecule has 0 atom stereocenters. The zero-order valence-electron chi connectivity index (χ0n) is 11.6. The van der Waals surface area contributed by atoms with Gasteiger partial charge in [0.15, 0.2) is 0 Å². The molecule has 106 valence electrons. The van der Waals surface area contributed by atoms with Gasteiger partial charge in [-0.25, -0.2) is 4.98 Å². The van der Waals surface area contributed by atoms with Crippen LogP contribution in [0.2, 0.25) is 0 Å². The molecule has 2 N–H and O–H groups in total. The second-order valence-electron chi connectivity index (χ2n) is 4.94. The SMILES string of the molecule is Cc1sc(Cc2ccc(N)cc2)nc1-c1cccc(Br)c1. The van der Waals surface area contributed by atoms with E-state index in [1.165, 1.54) is 10.4 Å². The molecule has 0 saturated heterocycles. The number of benzene rings is 2. The number of hydrogen-bond acceptors (Lipinski definition) is 3. The maximum atomic E-state index is 5.72. The number of anilines is 1. The van der Waals surface area contributed by atoms with Crippen molar-refractivity contribution in [2.75, 3.05) is 5.73 Å². The minimum Gasteiger partial charge on any atom is -0.399 e. The summed E-state index contributed by atoms with van der Waals surface area (Å²) in [6.45, 7) is 2.13. The number of aryl methyl sites for hydroxylation is 1. The molecule has 0 saturated carbocycles. The van der Waals surface area contributed by atoms with Gasteiger partial charge in [-0.05, 0) is 36.8 Å². The molecule has 4 heteroatoms. The predicted molar refractivity (Wildman–Crippen MR) is 93.6 cm³/mol. The van der Waals surface area contributed by atoms with E-state index < -0.39 is 0 Å². The molecule has 0 aliphatic heterocycles. The Morgan fingerprint density at radius 1 is 1.14 bits per heavy atom. The Hall–Kier alpha value is -1.65. The summed E-state index contributed by atoms with van der Waals surface area (Å²) in [4.78, 5) is 6.05.